The van der Waals surface area contributed by atoms with Crippen LogP contribution in [-0.2, 0) is 6.54 Å². The summed E-state index contributed by atoms with van der Waals surface area (Å²) in [5, 5.41) is 3.10. The van der Waals surface area contributed by atoms with E-state index >= 15 is 0 Å². The van der Waals surface area contributed by atoms with E-state index in [2.05, 4.69) is 15.3 Å². The average molecular weight is 360 g/mol. The number of anilines is 2. The van der Waals surface area contributed by atoms with Gasteiger partial charge in [-0.05, 0) is 36.8 Å². The summed E-state index contributed by atoms with van der Waals surface area (Å²) in [7, 11) is 1.74. The van der Waals surface area contributed by atoms with Crippen molar-refractivity contribution in [2.45, 2.75) is 13.5 Å². The lowest BCUT2D eigenvalue weighted by atomic mass is 10.1. The van der Waals surface area contributed by atoms with Crippen LogP contribution in [0.1, 0.15) is 33.3 Å². The predicted octanol–water partition coefficient (Wildman–Crippen LogP) is 3.70. The highest BCUT2D eigenvalue weighted by atomic mass is 16.2. The fourth-order valence-corrected chi connectivity index (χ4v) is 2.56. The number of nitrogens with one attached hydrogen (secondary N) is 1. The van der Waals surface area contributed by atoms with Crippen molar-refractivity contribution in [1.82, 2.24) is 14.9 Å². The Hall–Kier alpha value is -3.54. The fourth-order valence-electron chi connectivity index (χ4n) is 2.56. The summed E-state index contributed by atoms with van der Waals surface area (Å²) in [4.78, 5) is 33.9. The topological polar surface area (TPSA) is 75.2 Å². The first kappa shape index (κ1) is 18.3. The van der Waals surface area contributed by atoms with E-state index in [1.807, 2.05) is 30.3 Å². The molecular formula is C21H20N4O2. The van der Waals surface area contributed by atoms with Crippen LogP contribution >= 0.6 is 0 Å². The first-order valence-corrected chi connectivity index (χ1v) is 8.52. The number of aromatic nitrogens is 2. The Morgan fingerprint density at radius 3 is 2.26 bits per heavy atom. The molecule has 0 radical (unpaired) electrons. The van der Waals surface area contributed by atoms with Gasteiger partial charge in [-0.15, -0.1) is 0 Å². The molecule has 0 atom stereocenters. The first-order valence-electron chi connectivity index (χ1n) is 8.52. The highest BCUT2D eigenvalue weighted by molar-refractivity contribution is 5.94. The summed E-state index contributed by atoms with van der Waals surface area (Å²) >= 11 is 0. The second-order valence-corrected chi connectivity index (χ2v) is 6.19. The van der Waals surface area contributed by atoms with E-state index in [4.69, 9.17) is 0 Å². The maximum absolute atomic E-state index is 12.5. The molecule has 6 nitrogen and oxygen atoms in total. The van der Waals surface area contributed by atoms with Gasteiger partial charge in [-0.1, -0.05) is 30.3 Å². The highest BCUT2D eigenvalue weighted by Crippen LogP contribution is 2.15. The molecule has 6 heteroatoms. The van der Waals surface area contributed by atoms with Gasteiger partial charge in [-0.3, -0.25) is 9.59 Å². The molecule has 2 aromatic carbocycles. The van der Waals surface area contributed by atoms with Crippen molar-refractivity contribution < 1.29 is 9.59 Å². The molecule has 1 aromatic heterocycles. The zero-order valence-electron chi connectivity index (χ0n) is 15.2. The Bertz CT molecular complexity index is 923. The monoisotopic (exact) mass is 360 g/mol. The van der Waals surface area contributed by atoms with Crippen molar-refractivity contribution in [2.24, 2.45) is 0 Å². The molecule has 1 heterocycles. The predicted molar refractivity (Wildman–Crippen MR) is 104 cm³/mol. The highest BCUT2D eigenvalue weighted by Gasteiger charge is 2.14. The number of ketones is 1. The number of rotatable bonds is 6. The third kappa shape index (κ3) is 4.76. The van der Waals surface area contributed by atoms with Crippen LogP contribution in [0.3, 0.4) is 0 Å². The third-order valence-corrected chi connectivity index (χ3v) is 4.04. The smallest absolute Gasteiger partial charge is 0.274 e. The Morgan fingerprint density at radius 1 is 0.963 bits per heavy atom. The number of Topliss-reactive ketones (excluding diaryl/α,β-unsaturated/α-hetero) is 1. The van der Waals surface area contributed by atoms with Gasteiger partial charge in [0.25, 0.3) is 5.91 Å². The number of hydrogen-bond acceptors (Lipinski definition) is 5. The fraction of sp³-hybridized carbons (Fsp3) is 0.143. The van der Waals surface area contributed by atoms with E-state index in [1.54, 1.807) is 36.2 Å². The van der Waals surface area contributed by atoms with Crippen LogP contribution in [0.2, 0.25) is 0 Å². The molecule has 27 heavy (non-hydrogen) atoms. The Morgan fingerprint density at radius 2 is 1.67 bits per heavy atom. The quantitative estimate of drug-likeness (QED) is 0.679. The van der Waals surface area contributed by atoms with Crippen molar-refractivity contribution in [3.63, 3.8) is 0 Å². The number of carbonyl (C=O) groups is 2. The van der Waals surface area contributed by atoms with E-state index in [1.165, 1.54) is 19.3 Å². The Kier molecular flexibility index (Phi) is 5.56. The van der Waals surface area contributed by atoms with Gasteiger partial charge in [0.2, 0.25) is 0 Å². The largest absolute Gasteiger partial charge is 0.339 e. The lowest BCUT2D eigenvalue weighted by Gasteiger charge is -2.16. The Balaban J connectivity index is 1.63. The maximum Gasteiger partial charge on any atom is 0.274 e. The van der Waals surface area contributed by atoms with E-state index < -0.39 is 0 Å². The SMILES string of the molecule is CC(=O)c1ccc(Nc2cnc(C(=O)N(C)Cc3ccccc3)cn2)cc1. The number of hydrogen-bond donors (Lipinski definition) is 1. The summed E-state index contributed by atoms with van der Waals surface area (Å²) in [6.45, 7) is 2.03. The second kappa shape index (κ2) is 8.23. The van der Waals surface area contributed by atoms with Gasteiger partial charge < -0.3 is 10.2 Å². The minimum atomic E-state index is -0.191. The lowest BCUT2D eigenvalue weighted by Crippen LogP contribution is -2.27. The van der Waals surface area contributed by atoms with E-state index in [0.717, 1.165) is 11.3 Å². The molecule has 3 aromatic rings. The average Bonchev–Trinajstić information content (AvgIpc) is 2.69. The zero-order chi connectivity index (χ0) is 19.2. The van der Waals surface area contributed by atoms with Gasteiger partial charge in [0, 0.05) is 24.8 Å². The Labute approximate surface area is 157 Å². The molecule has 0 unspecified atom stereocenters. The molecular weight excluding hydrogens is 340 g/mol. The van der Waals surface area contributed by atoms with Gasteiger partial charge >= 0.3 is 0 Å². The van der Waals surface area contributed by atoms with E-state index in [9.17, 15) is 9.59 Å². The van der Waals surface area contributed by atoms with Crippen LogP contribution in [0, 0.1) is 0 Å². The maximum atomic E-state index is 12.5. The molecule has 136 valence electrons. The minimum Gasteiger partial charge on any atom is -0.339 e. The van der Waals surface area contributed by atoms with Crippen LogP contribution in [0.5, 0.6) is 0 Å². The number of carbonyl (C=O) groups excluding carboxylic acids is 2. The third-order valence-electron chi connectivity index (χ3n) is 4.04. The molecule has 3 rings (SSSR count). The van der Waals surface area contributed by atoms with Crippen molar-refractivity contribution >= 4 is 23.2 Å². The molecule has 0 aliphatic heterocycles. The van der Waals surface area contributed by atoms with Crippen molar-refractivity contribution in [3.05, 3.63) is 83.8 Å². The lowest BCUT2D eigenvalue weighted by molar-refractivity contribution is 0.0778. The van der Waals surface area contributed by atoms with Crippen LogP contribution < -0.4 is 5.32 Å². The molecule has 0 bridgehead atoms. The number of nitrogens with zero attached hydrogens (tertiary/aromatic N) is 3. The minimum absolute atomic E-state index is 0.0174. The van der Waals surface area contributed by atoms with Crippen LogP contribution in [0.15, 0.2) is 67.0 Å². The normalized spacial score (nSPS) is 10.3. The number of amides is 1. The summed E-state index contributed by atoms with van der Waals surface area (Å²) in [6.07, 6.45) is 2.97. The van der Waals surface area contributed by atoms with Crippen LogP contribution in [0.25, 0.3) is 0 Å². The molecule has 0 saturated carbocycles. The zero-order valence-corrected chi connectivity index (χ0v) is 15.2. The molecule has 1 amide bonds. The van der Waals surface area contributed by atoms with Crippen LogP contribution in [-0.4, -0.2) is 33.6 Å². The molecule has 0 saturated heterocycles. The van der Waals surface area contributed by atoms with Gasteiger partial charge in [-0.2, -0.15) is 0 Å². The van der Waals surface area contributed by atoms with E-state index in [-0.39, 0.29) is 17.4 Å². The number of benzene rings is 2. The summed E-state index contributed by atoms with van der Waals surface area (Å²) in [6, 6.07) is 16.9. The van der Waals surface area contributed by atoms with Crippen molar-refractivity contribution in [3.8, 4) is 0 Å². The molecule has 0 fully saturated rings. The van der Waals surface area contributed by atoms with E-state index in [0.29, 0.717) is 17.9 Å². The summed E-state index contributed by atoms with van der Waals surface area (Å²) < 4.78 is 0. The van der Waals surface area contributed by atoms with Crippen molar-refractivity contribution in [2.75, 3.05) is 12.4 Å². The van der Waals surface area contributed by atoms with Gasteiger partial charge in [0.05, 0.1) is 12.4 Å². The molecule has 0 spiro atoms. The first-order chi connectivity index (χ1) is 13.0. The van der Waals surface area contributed by atoms with Gasteiger partial charge in [-0.25, -0.2) is 9.97 Å². The summed E-state index contributed by atoms with van der Waals surface area (Å²) in [5.74, 6) is 0.348. The van der Waals surface area contributed by atoms with Gasteiger partial charge in [0.15, 0.2) is 5.78 Å². The summed E-state index contributed by atoms with van der Waals surface area (Å²) in [5.41, 5.74) is 2.77. The molecule has 1 N–H and O–H groups in total. The second-order valence-electron chi connectivity index (χ2n) is 6.19. The molecule has 0 aliphatic carbocycles. The van der Waals surface area contributed by atoms with Gasteiger partial charge in [0.1, 0.15) is 11.5 Å². The van der Waals surface area contributed by atoms with Crippen LogP contribution in [0.4, 0.5) is 11.5 Å². The standard InChI is InChI=1S/C21H20N4O2/c1-15(26)17-8-10-18(11-9-17)24-20-13-22-19(12-23-20)21(27)25(2)14-16-6-4-3-5-7-16/h3-13H,14H2,1-2H3,(H,23,24). The van der Waals surface area contributed by atoms with Crippen molar-refractivity contribution in [1.29, 1.82) is 0 Å². The molecule has 0 aliphatic rings.